The van der Waals surface area contributed by atoms with Gasteiger partial charge in [-0.25, -0.2) is 0 Å². The fourth-order valence-corrected chi connectivity index (χ4v) is 1.70. The lowest BCUT2D eigenvalue weighted by atomic mass is 10.0. The average molecular weight is 127 g/mol. The number of rotatable bonds is 2. The molecule has 0 heterocycles. The lowest BCUT2D eigenvalue weighted by Crippen LogP contribution is -2.07. The molecule has 0 aliphatic heterocycles. The fourth-order valence-electron chi connectivity index (χ4n) is 1.70. The summed E-state index contributed by atoms with van der Waals surface area (Å²) >= 11 is 0. The molecule has 0 aromatic rings. The highest BCUT2D eigenvalue weighted by atomic mass is 14.8. The standard InChI is InChI=1S/C8H17N/c1-4-5(2)7-6(3)8(7)9/h5-8H,4,9H2,1-3H3. The second-order valence-corrected chi connectivity index (χ2v) is 3.40. The van der Waals surface area contributed by atoms with Crippen LogP contribution < -0.4 is 5.73 Å². The van der Waals surface area contributed by atoms with Gasteiger partial charge in [0.1, 0.15) is 0 Å². The van der Waals surface area contributed by atoms with Gasteiger partial charge < -0.3 is 5.73 Å². The molecule has 1 nitrogen and oxygen atoms in total. The van der Waals surface area contributed by atoms with E-state index in [2.05, 4.69) is 20.8 Å². The first-order valence-corrected chi connectivity index (χ1v) is 3.94. The maximum Gasteiger partial charge on any atom is 0.0102 e. The Morgan fingerprint density at radius 1 is 1.56 bits per heavy atom. The lowest BCUT2D eigenvalue weighted by molar-refractivity contribution is 0.463. The van der Waals surface area contributed by atoms with Crippen LogP contribution in [0.1, 0.15) is 27.2 Å². The van der Waals surface area contributed by atoms with Gasteiger partial charge in [-0.1, -0.05) is 27.2 Å². The highest BCUT2D eigenvalue weighted by molar-refractivity contribution is 4.99. The summed E-state index contributed by atoms with van der Waals surface area (Å²) in [7, 11) is 0. The van der Waals surface area contributed by atoms with Crippen molar-refractivity contribution in [2.24, 2.45) is 23.5 Å². The first-order valence-electron chi connectivity index (χ1n) is 3.94. The van der Waals surface area contributed by atoms with E-state index in [4.69, 9.17) is 5.73 Å². The zero-order valence-electron chi connectivity index (χ0n) is 6.59. The van der Waals surface area contributed by atoms with Crippen molar-refractivity contribution in [3.63, 3.8) is 0 Å². The molecule has 0 radical (unpaired) electrons. The molecule has 0 spiro atoms. The largest absolute Gasteiger partial charge is 0.327 e. The third-order valence-electron chi connectivity index (χ3n) is 2.82. The van der Waals surface area contributed by atoms with Crippen LogP contribution in [0.3, 0.4) is 0 Å². The molecule has 1 aliphatic carbocycles. The maximum absolute atomic E-state index is 5.79. The van der Waals surface area contributed by atoms with Gasteiger partial charge in [0.15, 0.2) is 0 Å². The molecule has 1 saturated carbocycles. The van der Waals surface area contributed by atoms with Gasteiger partial charge in [-0.3, -0.25) is 0 Å². The zero-order valence-corrected chi connectivity index (χ0v) is 6.59. The van der Waals surface area contributed by atoms with Crippen LogP contribution in [0, 0.1) is 17.8 Å². The number of hydrogen-bond donors (Lipinski definition) is 1. The van der Waals surface area contributed by atoms with E-state index in [1.165, 1.54) is 6.42 Å². The summed E-state index contributed by atoms with van der Waals surface area (Å²) in [4.78, 5) is 0. The second-order valence-electron chi connectivity index (χ2n) is 3.40. The molecule has 9 heavy (non-hydrogen) atoms. The van der Waals surface area contributed by atoms with Crippen molar-refractivity contribution in [1.29, 1.82) is 0 Å². The quantitative estimate of drug-likeness (QED) is 0.599. The van der Waals surface area contributed by atoms with Gasteiger partial charge in [-0.05, 0) is 17.8 Å². The van der Waals surface area contributed by atoms with Gasteiger partial charge in [-0.2, -0.15) is 0 Å². The Bertz CT molecular complexity index is 92.7. The van der Waals surface area contributed by atoms with Crippen molar-refractivity contribution in [2.75, 3.05) is 0 Å². The van der Waals surface area contributed by atoms with Crippen LogP contribution in [0.15, 0.2) is 0 Å². The van der Waals surface area contributed by atoms with Gasteiger partial charge in [0.05, 0.1) is 0 Å². The van der Waals surface area contributed by atoms with E-state index in [-0.39, 0.29) is 0 Å². The molecule has 54 valence electrons. The van der Waals surface area contributed by atoms with Crippen LogP contribution in [-0.2, 0) is 0 Å². The molecular formula is C8H17N. The molecule has 0 saturated heterocycles. The minimum absolute atomic E-state index is 0.514. The molecule has 1 aliphatic rings. The highest BCUT2D eigenvalue weighted by Crippen LogP contribution is 2.43. The van der Waals surface area contributed by atoms with E-state index in [0.717, 1.165) is 17.8 Å². The van der Waals surface area contributed by atoms with Crippen molar-refractivity contribution in [1.82, 2.24) is 0 Å². The molecule has 1 heteroatoms. The molecule has 1 rings (SSSR count). The minimum atomic E-state index is 0.514. The molecular weight excluding hydrogens is 110 g/mol. The first kappa shape index (κ1) is 7.07. The SMILES string of the molecule is CCC(C)C1C(C)C1N. The summed E-state index contributed by atoms with van der Waals surface area (Å²) in [6.45, 7) is 6.79. The Hall–Kier alpha value is -0.0400. The van der Waals surface area contributed by atoms with E-state index in [1.807, 2.05) is 0 Å². The molecule has 2 N–H and O–H groups in total. The molecule has 4 unspecified atom stereocenters. The van der Waals surface area contributed by atoms with E-state index in [9.17, 15) is 0 Å². The van der Waals surface area contributed by atoms with Crippen molar-refractivity contribution < 1.29 is 0 Å². The Balaban J connectivity index is 2.31. The normalized spacial score (nSPS) is 44.7. The Morgan fingerprint density at radius 3 is 2.11 bits per heavy atom. The maximum atomic E-state index is 5.79. The lowest BCUT2D eigenvalue weighted by Gasteiger charge is -2.04. The Morgan fingerprint density at radius 2 is 2.00 bits per heavy atom. The Kier molecular flexibility index (Phi) is 1.80. The van der Waals surface area contributed by atoms with Crippen LogP contribution >= 0.6 is 0 Å². The second kappa shape index (κ2) is 2.30. The average Bonchev–Trinajstić information content (AvgIpc) is 2.40. The van der Waals surface area contributed by atoms with Crippen LogP contribution in [-0.4, -0.2) is 6.04 Å². The zero-order chi connectivity index (χ0) is 7.02. The van der Waals surface area contributed by atoms with Crippen molar-refractivity contribution in [3.8, 4) is 0 Å². The molecule has 0 amide bonds. The van der Waals surface area contributed by atoms with Gasteiger partial charge in [0, 0.05) is 6.04 Å². The monoisotopic (exact) mass is 127 g/mol. The summed E-state index contributed by atoms with van der Waals surface area (Å²) in [6.07, 6.45) is 1.28. The van der Waals surface area contributed by atoms with Crippen molar-refractivity contribution in [2.45, 2.75) is 33.2 Å². The smallest absolute Gasteiger partial charge is 0.0102 e. The van der Waals surface area contributed by atoms with Crippen LogP contribution in [0.25, 0.3) is 0 Å². The molecule has 1 fully saturated rings. The van der Waals surface area contributed by atoms with E-state index in [1.54, 1.807) is 0 Å². The Labute approximate surface area is 57.6 Å². The van der Waals surface area contributed by atoms with E-state index < -0.39 is 0 Å². The number of hydrogen-bond acceptors (Lipinski definition) is 1. The van der Waals surface area contributed by atoms with Gasteiger partial charge in [0.2, 0.25) is 0 Å². The van der Waals surface area contributed by atoms with E-state index in [0.29, 0.717) is 6.04 Å². The third-order valence-corrected chi connectivity index (χ3v) is 2.82. The predicted octanol–water partition coefficient (Wildman–Crippen LogP) is 1.63. The van der Waals surface area contributed by atoms with Crippen LogP contribution in [0.5, 0.6) is 0 Å². The van der Waals surface area contributed by atoms with Gasteiger partial charge in [0.25, 0.3) is 0 Å². The highest BCUT2D eigenvalue weighted by Gasteiger charge is 2.45. The van der Waals surface area contributed by atoms with Gasteiger partial charge >= 0.3 is 0 Å². The summed E-state index contributed by atoms with van der Waals surface area (Å²) in [6, 6.07) is 0.514. The fraction of sp³-hybridized carbons (Fsp3) is 1.00. The number of nitrogens with two attached hydrogens (primary N) is 1. The van der Waals surface area contributed by atoms with Crippen LogP contribution in [0.4, 0.5) is 0 Å². The molecule has 0 aromatic carbocycles. The summed E-state index contributed by atoms with van der Waals surface area (Å²) in [5.74, 6) is 2.46. The van der Waals surface area contributed by atoms with E-state index >= 15 is 0 Å². The summed E-state index contributed by atoms with van der Waals surface area (Å²) in [5.41, 5.74) is 5.79. The molecule has 0 bridgehead atoms. The summed E-state index contributed by atoms with van der Waals surface area (Å²) in [5, 5.41) is 0. The summed E-state index contributed by atoms with van der Waals surface area (Å²) < 4.78 is 0. The van der Waals surface area contributed by atoms with Crippen molar-refractivity contribution in [3.05, 3.63) is 0 Å². The predicted molar refractivity (Wildman–Crippen MR) is 40.1 cm³/mol. The van der Waals surface area contributed by atoms with Crippen LogP contribution in [0.2, 0.25) is 0 Å². The minimum Gasteiger partial charge on any atom is -0.327 e. The first-order chi connectivity index (χ1) is 4.18. The topological polar surface area (TPSA) is 26.0 Å². The van der Waals surface area contributed by atoms with Crippen molar-refractivity contribution >= 4 is 0 Å². The molecule has 4 atom stereocenters. The molecule has 0 aromatic heterocycles. The third kappa shape index (κ3) is 1.11. The van der Waals surface area contributed by atoms with Gasteiger partial charge in [-0.15, -0.1) is 0 Å².